The quantitative estimate of drug-likeness (QED) is 0.406. The molecule has 0 aliphatic carbocycles. The van der Waals surface area contributed by atoms with Crippen molar-refractivity contribution in [3.05, 3.63) is 26.8 Å². The molecule has 0 aliphatic rings. The number of carbonyl (C=O) groups is 2. The van der Waals surface area contributed by atoms with Crippen LogP contribution in [0.3, 0.4) is 0 Å². The molecule has 140 valence electrons. The van der Waals surface area contributed by atoms with Crippen molar-refractivity contribution in [3.63, 3.8) is 0 Å². The van der Waals surface area contributed by atoms with Gasteiger partial charge in [0.2, 0.25) is 0 Å². The number of rotatable bonds is 5. The Hall–Kier alpha value is -1.65. The second-order valence-corrected chi connectivity index (χ2v) is 7.27. The molecule has 0 aliphatic heterocycles. The fourth-order valence-corrected chi connectivity index (χ4v) is 2.58. The van der Waals surface area contributed by atoms with E-state index in [9.17, 15) is 18.4 Å². The van der Waals surface area contributed by atoms with Gasteiger partial charge in [-0.1, -0.05) is 0 Å². The van der Waals surface area contributed by atoms with Crippen molar-refractivity contribution < 1.29 is 32.6 Å². The van der Waals surface area contributed by atoms with E-state index in [1.165, 1.54) is 6.07 Å². The average Bonchev–Trinajstić information content (AvgIpc) is 2.49. The van der Waals surface area contributed by atoms with E-state index in [1.807, 2.05) is 0 Å². The summed E-state index contributed by atoms with van der Waals surface area (Å²) in [4.78, 5) is 23.8. The number of carbonyl (C=O) groups excluding carboxylic acids is 2. The Balaban J connectivity index is 3.10. The molecule has 1 unspecified atom stereocenters. The Morgan fingerprint density at radius 1 is 1.24 bits per heavy atom. The first kappa shape index (κ1) is 21.4. The highest BCUT2D eigenvalue weighted by Crippen LogP contribution is 2.29. The number of halogens is 3. The van der Waals surface area contributed by atoms with E-state index in [0.29, 0.717) is 0 Å². The first-order valence-corrected chi connectivity index (χ1v) is 8.35. The van der Waals surface area contributed by atoms with E-state index in [2.05, 4.69) is 10.1 Å². The van der Waals surface area contributed by atoms with Crippen molar-refractivity contribution in [3.8, 4) is 5.75 Å². The van der Waals surface area contributed by atoms with E-state index in [4.69, 9.17) is 9.47 Å². The molecule has 0 fully saturated rings. The number of amides is 1. The third kappa shape index (κ3) is 5.98. The van der Waals surface area contributed by atoms with Crippen molar-refractivity contribution in [2.24, 2.45) is 0 Å². The minimum atomic E-state index is -1.21. The summed E-state index contributed by atoms with van der Waals surface area (Å²) in [5.41, 5.74) is -0.779. The molecular formula is C16H20F2INO5. The molecule has 0 radical (unpaired) electrons. The van der Waals surface area contributed by atoms with E-state index in [1.54, 1.807) is 43.4 Å². The van der Waals surface area contributed by atoms with Crippen LogP contribution >= 0.6 is 22.6 Å². The predicted molar refractivity (Wildman–Crippen MR) is 94.5 cm³/mol. The topological polar surface area (TPSA) is 73.9 Å². The number of ether oxygens (including phenoxy) is 3. The van der Waals surface area contributed by atoms with Gasteiger partial charge in [0.15, 0.2) is 17.4 Å². The highest BCUT2D eigenvalue weighted by molar-refractivity contribution is 14.1. The molecule has 0 aromatic heterocycles. The van der Waals surface area contributed by atoms with Crippen LogP contribution in [0.4, 0.5) is 13.6 Å². The first-order valence-electron chi connectivity index (χ1n) is 7.27. The minimum Gasteiger partial charge on any atom is -0.491 e. The van der Waals surface area contributed by atoms with Crippen LogP contribution in [-0.4, -0.2) is 37.9 Å². The van der Waals surface area contributed by atoms with Gasteiger partial charge in [0.1, 0.15) is 11.6 Å². The van der Waals surface area contributed by atoms with E-state index < -0.39 is 41.1 Å². The molecule has 1 aromatic rings. The molecule has 1 aromatic carbocycles. The van der Waals surface area contributed by atoms with Crippen LogP contribution in [0.25, 0.3) is 0 Å². The Labute approximate surface area is 158 Å². The standard InChI is InChI=1S/C16H20F2INO5/c1-16(2,3)25-15(22)20-10(14(21)24-5)7-8-6-9(19)12(18)13(23-4)11(8)17/h6,10H,7H2,1-5H3,(H,20,22). The summed E-state index contributed by atoms with van der Waals surface area (Å²) in [5, 5.41) is 2.33. The lowest BCUT2D eigenvalue weighted by Gasteiger charge is -2.23. The molecule has 0 heterocycles. The molecule has 9 heteroatoms. The molecule has 0 bridgehead atoms. The fourth-order valence-electron chi connectivity index (χ4n) is 1.96. The van der Waals surface area contributed by atoms with Crippen LogP contribution in [0.2, 0.25) is 0 Å². The average molecular weight is 471 g/mol. The minimum absolute atomic E-state index is 0.00545. The summed E-state index contributed by atoms with van der Waals surface area (Å²) in [6.07, 6.45) is -1.11. The predicted octanol–water partition coefficient (Wildman–Crippen LogP) is 3.19. The molecule has 0 spiro atoms. The number of hydrogen-bond acceptors (Lipinski definition) is 5. The zero-order valence-corrected chi connectivity index (χ0v) is 16.7. The number of nitrogens with one attached hydrogen (secondary N) is 1. The third-order valence-corrected chi connectivity index (χ3v) is 3.78. The second kappa shape index (κ2) is 8.63. The summed E-state index contributed by atoms with van der Waals surface area (Å²) < 4.78 is 42.8. The lowest BCUT2D eigenvalue weighted by molar-refractivity contribution is -0.143. The zero-order chi connectivity index (χ0) is 19.4. The smallest absolute Gasteiger partial charge is 0.408 e. The van der Waals surface area contributed by atoms with Gasteiger partial charge in [-0.05, 0) is 55.0 Å². The maximum atomic E-state index is 14.4. The lowest BCUT2D eigenvalue weighted by atomic mass is 10.0. The maximum Gasteiger partial charge on any atom is 0.408 e. The molecule has 1 atom stereocenters. The number of esters is 1. The lowest BCUT2D eigenvalue weighted by Crippen LogP contribution is -2.45. The van der Waals surface area contributed by atoms with Gasteiger partial charge in [-0.3, -0.25) is 0 Å². The SMILES string of the molecule is COC(=O)C(Cc1cc(I)c(F)c(OC)c1F)NC(=O)OC(C)(C)C. The summed E-state index contributed by atoms with van der Waals surface area (Å²) >= 11 is 1.68. The van der Waals surface area contributed by atoms with Crippen LogP contribution in [-0.2, 0) is 20.7 Å². The third-order valence-electron chi connectivity index (χ3n) is 3.00. The highest BCUT2D eigenvalue weighted by atomic mass is 127. The summed E-state index contributed by atoms with van der Waals surface area (Å²) in [5.74, 6) is -3.12. The van der Waals surface area contributed by atoms with Crippen LogP contribution in [0, 0.1) is 15.2 Å². The van der Waals surface area contributed by atoms with Crippen LogP contribution < -0.4 is 10.1 Å². The van der Waals surface area contributed by atoms with Gasteiger partial charge in [0.25, 0.3) is 0 Å². The largest absolute Gasteiger partial charge is 0.491 e. The molecule has 1 amide bonds. The monoisotopic (exact) mass is 471 g/mol. The van der Waals surface area contributed by atoms with Crippen molar-refractivity contribution in [2.45, 2.75) is 38.8 Å². The summed E-state index contributed by atoms with van der Waals surface area (Å²) in [6, 6.07) is 0.0285. The van der Waals surface area contributed by atoms with E-state index in [-0.39, 0.29) is 15.6 Å². The molecule has 25 heavy (non-hydrogen) atoms. The second-order valence-electron chi connectivity index (χ2n) is 6.10. The highest BCUT2D eigenvalue weighted by Gasteiger charge is 2.28. The molecule has 0 saturated heterocycles. The summed E-state index contributed by atoms with van der Waals surface area (Å²) in [6.45, 7) is 4.98. The van der Waals surface area contributed by atoms with Crippen LogP contribution in [0.15, 0.2) is 6.07 Å². The van der Waals surface area contributed by atoms with Crippen molar-refractivity contribution in [2.75, 3.05) is 14.2 Å². The van der Waals surface area contributed by atoms with Gasteiger partial charge in [0.05, 0.1) is 17.8 Å². The number of alkyl carbamates (subject to hydrolysis) is 1. The Kier molecular flexibility index (Phi) is 7.39. The van der Waals surface area contributed by atoms with Gasteiger partial charge >= 0.3 is 12.1 Å². The first-order chi connectivity index (χ1) is 11.5. The number of benzene rings is 1. The van der Waals surface area contributed by atoms with Gasteiger partial charge in [0, 0.05) is 6.42 Å². The molecule has 0 saturated carbocycles. The van der Waals surface area contributed by atoms with Gasteiger partial charge in [-0.2, -0.15) is 0 Å². The molecule has 6 nitrogen and oxygen atoms in total. The van der Waals surface area contributed by atoms with Crippen LogP contribution in [0.5, 0.6) is 5.75 Å². The van der Waals surface area contributed by atoms with Crippen molar-refractivity contribution in [1.29, 1.82) is 0 Å². The van der Waals surface area contributed by atoms with Crippen molar-refractivity contribution >= 4 is 34.7 Å². The summed E-state index contributed by atoms with van der Waals surface area (Å²) in [7, 11) is 2.27. The Morgan fingerprint density at radius 3 is 2.32 bits per heavy atom. The molecular weight excluding hydrogens is 451 g/mol. The maximum absolute atomic E-state index is 14.4. The Bertz CT molecular complexity index is 661. The van der Waals surface area contributed by atoms with Crippen molar-refractivity contribution in [1.82, 2.24) is 5.32 Å². The zero-order valence-electron chi connectivity index (χ0n) is 14.5. The number of hydrogen-bond donors (Lipinski definition) is 1. The van der Waals surface area contributed by atoms with Crippen LogP contribution in [0.1, 0.15) is 26.3 Å². The van der Waals surface area contributed by atoms with Gasteiger partial charge in [-0.15, -0.1) is 0 Å². The normalized spacial score (nSPS) is 12.3. The molecule has 1 rings (SSSR count). The fraction of sp³-hybridized carbons (Fsp3) is 0.500. The van der Waals surface area contributed by atoms with Gasteiger partial charge in [-0.25, -0.2) is 18.4 Å². The van der Waals surface area contributed by atoms with E-state index >= 15 is 0 Å². The van der Waals surface area contributed by atoms with Gasteiger partial charge < -0.3 is 19.5 Å². The Morgan fingerprint density at radius 2 is 1.84 bits per heavy atom. The van der Waals surface area contributed by atoms with E-state index in [0.717, 1.165) is 14.2 Å². The number of methoxy groups -OCH3 is 2. The molecule has 1 N–H and O–H groups in total.